The Kier molecular flexibility index (Phi) is 3.98. The summed E-state index contributed by atoms with van der Waals surface area (Å²) in [5.74, 6) is -0.454. The average Bonchev–Trinajstić information content (AvgIpc) is 2.41. The molecule has 0 spiro atoms. The Morgan fingerprint density at radius 1 is 1.39 bits per heavy atom. The van der Waals surface area contributed by atoms with Gasteiger partial charge >= 0.3 is 5.97 Å². The van der Waals surface area contributed by atoms with Gasteiger partial charge in [-0.15, -0.1) is 0 Å². The van der Waals surface area contributed by atoms with E-state index in [1.807, 2.05) is 26.9 Å². The van der Waals surface area contributed by atoms with E-state index in [1.54, 1.807) is 0 Å². The molecule has 104 valence electrons. The summed E-state index contributed by atoms with van der Waals surface area (Å²) >= 11 is 0. The van der Waals surface area contributed by atoms with Crippen LogP contribution in [0.3, 0.4) is 0 Å². The van der Waals surface area contributed by atoms with Crippen molar-refractivity contribution in [3.63, 3.8) is 0 Å². The van der Waals surface area contributed by atoms with Crippen molar-refractivity contribution in [1.82, 2.24) is 0 Å². The second kappa shape index (κ2) is 4.70. The van der Waals surface area contributed by atoms with Gasteiger partial charge in [-0.2, -0.15) is 0 Å². The van der Waals surface area contributed by atoms with Crippen molar-refractivity contribution in [3.8, 4) is 0 Å². The van der Waals surface area contributed by atoms with E-state index >= 15 is 0 Å². The molecule has 1 rings (SSSR count). The molecule has 0 saturated carbocycles. The first-order valence-electron chi connectivity index (χ1n) is 6.19. The molecule has 1 heterocycles. The van der Waals surface area contributed by atoms with Crippen LogP contribution >= 0.6 is 0 Å². The average molecular weight is 272 g/mol. The molecular formula is C13H24O4Si. The lowest BCUT2D eigenvalue weighted by atomic mass is 10.2. The summed E-state index contributed by atoms with van der Waals surface area (Å²) in [4.78, 5) is 11.9. The normalized spacial score (nSPS) is 21.8. The van der Waals surface area contributed by atoms with Crippen molar-refractivity contribution in [2.24, 2.45) is 0 Å². The monoisotopic (exact) mass is 272 g/mol. The Balaban J connectivity index is 2.66. The van der Waals surface area contributed by atoms with Gasteiger partial charge in [0.2, 0.25) is 5.79 Å². The summed E-state index contributed by atoms with van der Waals surface area (Å²) in [5.41, 5.74) is 0. The van der Waals surface area contributed by atoms with Crippen molar-refractivity contribution < 1.29 is 18.7 Å². The number of carbonyl (C=O) groups is 1. The molecule has 0 aromatic rings. The van der Waals surface area contributed by atoms with Crippen LogP contribution in [0.25, 0.3) is 0 Å². The molecule has 0 aromatic heterocycles. The third kappa shape index (κ3) is 3.85. The highest BCUT2D eigenvalue weighted by atomic mass is 28.4. The summed E-state index contributed by atoms with van der Waals surface area (Å²) in [6.07, 6.45) is 1.40. The zero-order valence-corrected chi connectivity index (χ0v) is 13.4. The van der Waals surface area contributed by atoms with E-state index in [4.69, 9.17) is 13.9 Å². The molecule has 18 heavy (non-hydrogen) atoms. The highest BCUT2D eigenvalue weighted by Crippen LogP contribution is 2.36. The molecule has 1 aliphatic rings. The Bertz CT molecular complexity index is 364. The number of rotatable bonds is 2. The minimum absolute atomic E-state index is 0.00741. The van der Waals surface area contributed by atoms with E-state index < -0.39 is 14.1 Å². The third-order valence-electron chi connectivity index (χ3n) is 3.38. The van der Waals surface area contributed by atoms with Crippen molar-refractivity contribution in [2.75, 3.05) is 6.61 Å². The van der Waals surface area contributed by atoms with E-state index in [1.165, 1.54) is 6.08 Å². The molecule has 0 atom stereocenters. The van der Waals surface area contributed by atoms with Crippen LogP contribution in [0.2, 0.25) is 18.1 Å². The fourth-order valence-corrected chi connectivity index (χ4v) is 2.12. The summed E-state index contributed by atoms with van der Waals surface area (Å²) in [6.45, 7) is 14.3. The fourth-order valence-electron chi connectivity index (χ4n) is 1.26. The van der Waals surface area contributed by atoms with Crippen molar-refractivity contribution >= 4 is 14.3 Å². The summed E-state index contributed by atoms with van der Waals surface area (Å²) in [5, 5.41) is 0.00741. The zero-order chi connectivity index (χ0) is 14.2. The number of hydrogen-bond donors (Lipinski definition) is 0. The maximum absolute atomic E-state index is 11.9. The maximum Gasteiger partial charge on any atom is 0.320 e. The van der Waals surface area contributed by atoms with Crippen LogP contribution in [0.1, 0.15) is 34.6 Å². The predicted molar refractivity (Wildman–Crippen MR) is 72.5 cm³/mol. The molecule has 5 heteroatoms. The van der Waals surface area contributed by atoms with Gasteiger partial charge < -0.3 is 13.9 Å². The topological polar surface area (TPSA) is 44.8 Å². The Labute approximate surface area is 110 Å². The lowest BCUT2D eigenvalue weighted by Gasteiger charge is -2.35. The second-order valence-electron chi connectivity index (χ2n) is 6.58. The standard InChI is InChI=1S/C13H24O4Si/c1-12(2,3)18(6,7)17-11(14)8-10-9-15-13(4,5)16-10/h8H,9H2,1-7H3/b10-8-. The van der Waals surface area contributed by atoms with Crippen molar-refractivity contribution in [3.05, 3.63) is 11.8 Å². The van der Waals surface area contributed by atoms with Gasteiger partial charge in [0.25, 0.3) is 8.32 Å². The second-order valence-corrected chi connectivity index (χ2v) is 11.3. The van der Waals surface area contributed by atoms with Gasteiger partial charge in [-0.25, -0.2) is 4.79 Å². The van der Waals surface area contributed by atoms with Crippen LogP contribution in [-0.2, 0) is 18.7 Å². The molecule has 0 N–H and O–H groups in total. The van der Waals surface area contributed by atoms with Crippen molar-refractivity contribution in [2.45, 2.75) is 58.5 Å². The molecule has 0 unspecified atom stereocenters. The molecule has 1 saturated heterocycles. The minimum atomic E-state index is -2.07. The summed E-state index contributed by atoms with van der Waals surface area (Å²) < 4.78 is 16.5. The predicted octanol–water partition coefficient (Wildman–Crippen LogP) is 3.20. The van der Waals surface area contributed by atoms with Gasteiger partial charge in [-0.1, -0.05) is 20.8 Å². The van der Waals surface area contributed by atoms with Crippen LogP contribution in [0.15, 0.2) is 11.8 Å². The molecule has 0 radical (unpaired) electrons. The third-order valence-corrected chi connectivity index (χ3v) is 7.70. The molecule has 0 aliphatic carbocycles. The number of carbonyl (C=O) groups excluding carboxylic acids is 1. The maximum atomic E-state index is 11.9. The van der Waals surface area contributed by atoms with Crippen LogP contribution in [0.4, 0.5) is 0 Å². The summed E-state index contributed by atoms with van der Waals surface area (Å²) in [7, 11) is -2.07. The van der Waals surface area contributed by atoms with E-state index in [0.717, 1.165) is 0 Å². The molecule has 1 fully saturated rings. The first-order chi connectivity index (χ1) is 7.93. The lowest BCUT2D eigenvalue weighted by Crippen LogP contribution is -2.42. The largest absolute Gasteiger partial charge is 0.516 e. The van der Waals surface area contributed by atoms with Gasteiger partial charge in [-0.3, -0.25) is 0 Å². The quantitative estimate of drug-likeness (QED) is 0.572. The fraction of sp³-hybridized carbons (Fsp3) is 0.769. The van der Waals surface area contributed by atoms with Gasteiger partial charge in [0, 0.05) is 13.8 Å². The molecule has 1 aliphatic heterocycles. The smallest absolute Gasteiger partial charge is 0.320 e. The highest BCUT2D eigenvalue weighted by Gasteiger charge is 2.40. The van der Waals surface area contributed by atoms with E-state index in [0.29, 0.717) is 12.4 Å². The minimum Gasteiger partial charge on any atom is -0.516 e. The molecule has 0 aromatic carbocycles. The SMILES string of the molecule is CC1(C)OC/C(=C/C(=O)O[Si](C)(C)C(C)(C)C)O1. The Morgan fingerprint density at radius 3 is 2.33 bits per heavy atom. The zero-order valence-electron chi connectivity index (χ0n) is 12.4. The van der Waals surface area contributed by atoms with Crippen LogP contribution in [0, 0.1) is 0 Å². The van der Waals surface area contributed by atoms with Gasteiger partial charge in [0.1, 0.15) is 12.4 Å². The molecular weight excluding hydrogens is 248 g/mol. The molecule has 0 amide bonds. The lowest BCUT2D eigenvalue weighted by molar-refractivity contribution is -0.130. The Morgan fingerprint density at radius 2 is 1.94 bits per heavy atom. The van der Waals surface area contributed by atoms with Gasteiger partial charge in [0.15, 0.2) is 0 Å². The highest BCUT2D eigenvalue weighted by molar-refractivity contribution is 6.75. The van der Waals surface area contributed by atoms with Crippen LogP contribution < -0.4 is 0 Å². The Hall–Kier alpha value is -0.813. The van der Waals surface area contributed by atoms with E-state index in [-0.39, 0.29) is 11.0 Å². The van der Waals surface area contributed by atoms with E-state index in [9.17, 15) is 4.79 Å². The first-order valence-corrected chi connectivity index (χ1v) is 9.10. The number of hydrogen-bond acceptors (Lipinski definition) is 4. The number of ether oxygens (including phenoxy) is 2. The van der Waals surface area contributed by atoms with Crippen LogP contribution in [0.5, 0.6) is 0 Å². The molecule has 0 bridgehead atoms. The van der Waals surface area contributed by atoms with E-state index in [2.05, 4.69) is 20.8 Å². The van der Waals surface area contributed by atoms with Gasteiger partial charge in [-0.05, 0) is 18.1 Å². The van der Waals surface area contributed by atoms with Gasteiger partial charge in [0.05, 0.1) is 6.08 Å². The van der Waals surface area contributed by atoms with Crippen molar-refractivity contribution in [1.29, 1.82) is 0 Å². The van der Waals surface area contributed by atoms with Crippen LogP contribution in [-0.4, -0.2) is 26.7 Å². The molecule has 4 nitrogen and oxygen atoms in total. The first kappa shape index (κ1) is 15.2. The summed E-state index contributed by atoms with van der Waals surface area (Å²) in [6, 6.07) is 0.